The third-order valence-electron chi connectivity index (χ3n) is 6.62. The molecule has 1 unspecified atom stereocenters. The average molecular weight is 419 g/mol. The maximum absolute atomic E-state index is 11.6. The summed E-state index contributed by atoms with van der Waals surface area (Å²) in [7, 11) is -3.90. The maximum Gasteiger partial charge on any atom is 0.305 e. The number of rotatable bonds is 6. The summed E-state index contributed by atoms with van der Waals surface area (Å²) < 4.78 is 24.6. The van der Waals surface area contributed by atoms with Crippen LogP contribution in [0.2, 0.25) is 36.3 Å². The molecule has 0 aliphatic carbocycles. The molecule has 0 bridgehead atoms. The zero-order valence-corrected chi connectivity index (χ0v) is 21.6. The van der Waals surface area contributed by atoms with Crippen molar-refractivity contribution in [3.05, 3.63) is 0 Å². The van der Waals surface area contributed by atoms with Crippen molar-refractivity contribution in [2.45, 2.75) is 110 Å². The fourth-order valence-electron chi connectivity index (χ4n) is 2.47. The molecular weight excluding hydrogens is 376 g/mol. The van der Waals surface area contributed by atoms with Crippen LogP contribution in [0.5, 0.6) is 0 Å². The number of hydrogen-bond donors (Lipinski definition) is 0. The molecule has 0 saturated carbocycles. The molecule has 1 rings (SSSR count). The standard InChI is InChI=1S/C20H42O5Si2/c1-14-16(13-22-26(9,10)19(3,4)5)24-18(23-15(2)21)17(14)25-27(11,12)20(6,7)8/h14,16-18H,13H2,1-12H3/t14-,16-,17-,18?/m0/s1. The molecule has 160 valence electrons. The minimum atomic E-state index is -2.03. The number of ether oxygens (including phenoxy) is 2. The van der Waals surface area contributed by atoms with Gasteiger partial charge >= 0.3 is 5.97 Å². The van der Waals surface area contributed by atoms with Gasteiger partial charge in [-0.3, -0.25) is 4.79 Å². The lowest BCUT2D eigenvalue weighted by Gasteiger charge is -2.40. The van der Waals surface area contributed by atoms with E-state index in [-0.39, 0.29) is 34.2 Å². The van der Waals surface area contributed by atoms with Gasteiger partial charge in [-0.2, -0.15) is 0 Å². The molecule has 27 heavy (non-hydrogen) atoms. The van der Waals surface area contributed by atoms with Crippen LogP contribution in [0.25, 0.3) is 0 Å². The van der Waals surface area contributed by atoms with Gasteiger partial charge < -0.3 is 18.3 Å². The highest BCUT2D eigenvalue weighted by atomic mass is 28.4. The third kappa shape index (κ3) is 6.13. The molecule has 7 heteroatoms. The number of carbonyl (C=O) groups excluding carboxylic acids is 1. The van der Waals surface area contributed by atoms with E-state index in [0.717, 1.165) is 0 Å². The Morgan fingerprint density at radius 3 is 1.85 bits per heavy atom. The van der Waals surface area contributed by atoms with E-state index in [1.165, 1.54) is 6.92 Å². The van der Waals surface area contributed by atoms with Gasteiger partial charge in [-0.15, -0.1) is 0 Å². The van der Waals surface area contributed by atoms with Gasteiger partial charge in [0.25, 0.3) is 0 Å². The van der Waals surface area contributed by atoms with Crippen molar-refractivity contribution in [3.63, 3.8) is 0 Å². The van der Waals surface area contributed by atoms with Crippen molar-refractivity contribution in [1.82, 2.24) is 0 Å². The Bertz CT molecular complexity index is 519. The first-order valence-electron chi connectivity index (χ1n) is 10.0. The van der Waals surface area contributed by atoms with Crippen molar-refractivity contribution < 1.29 is 23.1 Å². The summed E-state index contributed by atoms with van der Waals surface area (Å²) in [5.41, 5.74) is 0. The third-order valence-corrected chi connectivity index (χ3v) is 15.6. The summed E-state index contributed by atoms with van der Waals surface area (Å²) in [5, 5.41) is 0.213. The molecule has 0 amide bonds. The minimum absolute atomic E-state index is 0.0726. The Balaban J connectivity index is 2.95. The molecule has 0 aromatic carbocycles. The van der Waals surface area contributed by atoms with E-state index >= 15 is 0 Å². The topological polar surface area (TPSA) is 54.0 Å². The second-order valence-corrected chi connectivity index (χ2v) is 20.5. The molecule has 4 atom stereocenters. The summed E-state index contributed by atoms with van der Waals surface area (Å²) in [6, 6.07) is 0. The Morgan fingerprint density at radius 1 is 0.963 bits per heavy atom. The van der Waals surface area contributed by atoms with E-state index in [4.69, 9.17) is 18.3 Å². The molecule has 1 aliphatic rings. The van der Waals surface area contributed by atoms with E-state index in [1.54, 1.807) is 0 Å². The van der Waals surface area contributed by atoms with Gasteiger partial charge in [0.2, 0.25) is 6.29 Å². The number of hydrogen-bond acceptors (Lipinski definition) is 5. The van der Waals surface area contributed by atoms with Gasteiger partial charge in [0, 0.05) is 12.8 Å². The first-order chi connectivity index (χ1) is 11.9. The molecule has 0 aromatic heterocycles. The molecule has 0 radical (unpaired) electrons. The minimum Gasteiger partial charge on any atom is -0.433 e. The predicted octanol–water partition coefficient (Wildman–Crippen LogP) is 5.32. The Morgan fingerprint density at radius 2 is 1.44 bits per heavy atom. The van der Waals surface area contributed by atoms with Crippen LogP contribution in [0.4, 0.5) is 0 Å². The Hall–Kier alpha value is -0.216. The quantitative estimate of drug-likeness (QED) is 0.431. The molecular formula is C20H42O5Si2. The lowest BCUT2D eigenvalue weighted by Crippen LogP contribution is -2.48. The van der Waals surface area contributed by atoms with Crippen molar-refractivity contribution in [3.8, 4) is 0 Å². The summed E-state index contributed by atoms with van der Waals surface area (Å²) in [6.45, 7) is 26.2. The van der Waals surface area contributed by atoms with Gasteiger partial charge in [0.1, 0.15) is 6.10 Å². The predicted molar refractivity (Wildman–Crippen MR) is 115 cm³/mol. The SMILES string of the molecule is CC(=O)OC1O[C@@H](CO[Si](C)(C)C(C)(C)C)[C@H](C)[C@@H]1O[Si](C)(C)C(C)(C)C. The highest BCUT2D eigenvalue weighted by Crippen LogP contribution is 2.42. The smallest absolute Gasteiger partial charge is 0.305 e. The van der Waals surface area contributed by atoms with Crippen LogP contribution in [0, 0.1) is 5.92 Å². The lowest BCUT2D eigenvalue weighted by atomic mass is 10.0. The zero-order valence-electron chi connectivity index (χ0n) is 19.6. The molecule has 1 saturated heterocycles. The number of carbonyl (C=O) groups is 1. The van der Waals surface area contributed by atoms with E-state index in [0.29, 0.717) is 6.61 Å². The van der Waals surface area contributed by atoms with Gasteiger partial charge in [-0.1, -0.05) is 48.5 Å². The Labute approximate surface area is 168 Å². The highest BCUT2D eigenvalue weighted by Gasteiger charge is 2.50. The molecule has 5 nitrogen and oxygen atoms in total. The average Bonchev–Trinajstić information content (AvgIpc) is 2.70. The van der Waals surface area contributed by atoms with Gasteiger partial charge in [-0.05, 0) is 36.3 Å². The summed E-state index contributed by atoms with van der Waals surface area (Å²) in [4.78, 5) is 11.6. The van der Waals surface area contributed by atoms with E-state index < -0.39 is 22.9 Å². The van der Waals surface area contributed by atoms with Crippen molar-refractivity contribution in [1.29, 1.82) is 0 Å². The summed E-state index contributed by atoms with van der Waals surface area (Å²) in [5.74, 6) is -0.254. The lowest BCUT2D eigenvalue weighted by molar-refractivity contribution is -0.185. The van der Waals surface area contributed by atoms with E-state index in [2.05, 4.69) is 74.7 Å². The fraction of sp³-hybridized carbons (Fsp3) is 0.950. The van der Waals surface area contributed by atoms with E-state index in [1.807, 2.05) is 0 Å². The van der Waals surface area contributed by atoms with E-state index in [9.17, 15) is 4.79 Å². The summed E-state index contributed by atoms with van der Waals surface area (Å²) in [6.07, 6.45) is -1.07. The molecule has 0 N–H and O–H groups in total. The molecule has 0 aromatic rings. The molecule has 0 spiro atoms. The van der Waals surface area contributed by atoms with Gasteiger partial charge in [0.15, 0.2) is 16.6 Å². The maximum atomic E-state index is 11.6. The molecule has 1 fully saturated rings. The van der Waals surface area contributed by atoms with Gasteiger partial charge in [-0.25, -0.2) is 0 Å². The normalized spacial score (nSPS) is 27.7. The van der Waals surface area contributed by atoms with Crippen LogP contribution in [0.15, 0.2) is 0 Å². The number of esters is 1. The summed E-state index contributed by atoms with van der Waals surface area (Å²) >= 11 is 0. The second kappa shape index (κ2) is 8.26. The van der Waals surface area contributed by atoms with Crippen LogP contribution in [-0.4, -0.2) is 47.7 Å². The van der Waals surface area contributed by atoms with Crippen LogP contribution in [-0.2, 0) is 23.1 Å². The highest BCUT2D eigenvalue weighted by molar-refractivity contribution is 6.74. The second-order valence-electron chi connectivity index (χ2n) is 10.9. The molecule has 1 heterocycles. The largest absolute Gasteiger partial charge is 0.433 e. The zero-order chi connectivity index (χ0) is 21.4. The fourth-order valence-corrected chi connectivity index (χ4v) is 4.84. The Kier molecular flexibility index (Phi) is 7.59. The van der Waals surface area contributed by atoms with Crippen LogP contribution >= 0.6 is 0 Å². The molecule has 1 aliphatic heterocycles. The van der Waals surface area contributed by atoms with Crippen LogP contribution in [0.1, 0.15) is 55.4 Å². The van der Waals surface area contributed by atoms with Crippen molar-refractivity contribution >= 4 is 22.6 Å². The first kappa shape index (κ1) is 24.8. The van der Waals surface area contributed by atoms with Crippen molar-refractivity contribution in [2.75, 3.05) is 6.61 Å². The monoisotopic (exact) mass is 418 g/mol. The van der Waals surface area contributed by atoms with Crippen LogP contribution in [0.3, 0.4) is 0 Å². The van der Waals surface area contributed by atoms with Gasteiger partial charge in [0.05, 0.1) is 12.7 Å². The first-order valence-corrected chi connectivity index (χ1v) is 15.9. The van der Waals surface area contributed by atoms with Crippen LogP contribution < -0.4 is 0 Å². The van der Waals surface area contributed by atoms with Crippen molar-refractivity contribution in [2.24, 2.45) is 5.92 Å².